The Morgan fingerprint density at radius 1 is 1.00 bits per heavy atom. The number of para-hydroxylation sites is 1. The molecule has 1 aromatic heterocycles. The third-order valence-corrected chi connectivity index (χ3v) is 6.17. The summed E-state index contributed by atoms with van der Waals surface area (Å²) >= 11 is 3.90. The molecule has 1 aromatic carbocycles. The zero-order valence-corrected chi connectivity index (χ0v) is 21.6. The predicted molar refractivity (Wildman–Crippen MR) is 141 cm³/mol. The minimum Gasteiger partial charge on any atom is -0.480 e. The summed E-state index contributed by atoms with van der Waals surface area (Å²) in [6.45, 7) is 3.41. The topological polar surface area (TPSA) is 209 Å². The lowest BCUT2D eigenvalue weighted by molar-refractivity contribution is -0.141. The summed E-state index contributed by atoms with van der Waals surface area (Å²) in [5, 5.41) is 17.5. The highest BCUT2D eigenvalue weighted by Crippen LogP contribution is 2.19. The van der Waals surface area contributed by atoms with Crippen LogP contribution in [0.3, 0.4) is 0 Å². The molecule has 202 valence electrons. The number of carbonyl (C=O) groups is 5. The van der Waals surface area contributed by atoms with Gasteiger partial charge >= 0.3 is 5.97 Å². The zero-order chi connectivity index (χ0) is 27.7. The van der Waals surface area contributed by atoms with Gasteiger partial charge in [-0.3, -0.25) is 19.2 Å². The van der Waals surface area contributed by atoms with Gasteiger partial charge in [0.25, 0.3) is 0 Å². The Morgan fingerprint density at radius 2 is 1.65 bits per heavy atom. The normalized spacial score (nSPS) is 14.4. The second-order valence-corrected chi connectivity index (χ2v) is 9.41. The molecule has 9 N–H and O–H groups in total. The third kappa shape index (κ3) is 8.50. The van der Waals surface area contributed by atoms with Crippen LogP contribution in [-0.2, 0) is 30.4 Å². The fraction of sp³-hybridized carbons (Fsp3) is 0.458. The number of hydrogen-bond donors (Lipinski definition) is 8. The van der Waals surface area contributed by atoms with Gasteiger partial charge in [-0.05, 0) is 30.4 Å². The molecule has 2 aromatic rings. The van der Waals surface area contributed by atoms with Crippen LogP contribution in [0, 0.1) is 5.92 Å². The van der Waals surface area contributed by atoms with E-state index in [0.29, 0.717) is 0 Å². The lowest BCUT2D eigenvalue weighted by atomic mass is 10.00. The van der Waals surface area contributed by atoms with Crippen LogP contribution < -0.4 is 27.4 Å². The maximum atomic E-state index is 13.1. The fourth-order valence-corrected chi connectivity index (χ4v) is 3.95. The third-order valence-electron chi connectivity index (χ3n) is 5.81. The van der Waals surface area contributed by atoms with Gasteiger partial charge in [0, 0.05) is 29.3 Å². The van der Waals surface area contributed by atoms with Crippen molar-refractivity contribution in [2.24, 2.45) is 17.4 Å². The first-order valence-electron chi connectivity index (χ1n) is 11.8. The van der Waals surface area contributed by atoms with Gasteiger partial charge in [-0.2, -0.15) is 12.6 Å². The van der Waals surface area contributed by atoms with Gasteiger partial charge in [-0.25, -0.2) is 4.79 Å². The van der Waals surface area contributed by atoms with Gasteiger partial charge in [0.15, 0.2) is 0 Å². The van der Waals surface area contributed by atoms with Crippen molar-refractivity contribution in [2.45, 2.75) is 57.3 Å². The van der Waals surface area contributed by atoms with E-state index in [4.69, 9.17) is 11.5 Å². The number of H-pyrrole nitrogens is 1. The summed E-state index contributed by atoms with van der Waals surface area (Å²) in [7, 11) is 0. The van der Waals surface area contributed by atoms with Crippen molar-refractivity contribution in [1.29, 1.82) is 0 Å². The number of nitrogens with one attached hydrogen (secondary N) is 4. The number of hydrogen-bond acceptors (Lipinski definition) is 7. The Balaban J connectivity index is 2.10. The first kappa shape index (κ1) is 29.6. The van der Waals surface area contributed by atoms with Crippen molar-refractivity contribution in [3.63, 3.8) is 0 Å². The number of nitrogens with two attached hydrogens (primary N) is 2. The monoisotopic (exact) mass is 534 g/mol. The Bertz CT molecular complexity index is 1140. The molecule has 4 amide bonds. The van der Waals surface area contributed by atoms with Crippen LogP contribution in [0.25, 0.3) is 10.9 Å². The maximum absolute atomic E-state index is 13.1. The van der Waals surface area contributed by atoms with Crippen LogP contribution in [-0.4, -0.2) is 69.6 Å². The number of aliphatic carboxylic acids is 1. The van der Waals surface area contributed by atoms with Crippen molar-refractivity contribution in [3.8, 4) is 0 Å². The minimum atomic E-state index is -1.31. The number of fused-ring (bicyclic) bond motifs is 1. The first-order valence-corrected chi connectivity index (χ1v) is 12.4. The van der Waals surface area contributed by atoms with E-state index in [-0.39, 0.29) is 30.9 Å². The van der Waals surface area contributed by atoms with E-state index >= 15 is 0 Å². The van der Waals surface area contributed by atoms with Crippen molar-refractivity contribution >= 4 is 53.1 Å². The van der Waals surface area contributed by atoms with E-state index in [1.165, 1.54) is 0 Å². The molecular weight excluding hydrogens is 500 g/mol. The smallest absolute Gasteiger partial charge is 0.327 e. The van der Waals surface area contributed by atoms with Crippen LogP contribution >= 0.6 is 12.6 Å². The second kappa shape index (κ2) is 13.7. The van der Waals surface area contributed by atoms with Crippen molar-refractivity contribution in [1.82, 2.24) is 20.9 Å². The molecular formula is C24H34N6O6S. The predicted octanol–water partition coefficient (Wildman–Crippen LogP) is -0.572. The zero-order valence-electron chi connectivity index (χ0n) is 20.7. The quantitative estimate of drug-likeness (QED) is 0.148. The van der Waals surface area contributed by atoms with E-state index in [9.17, 15) is 29.1 Å². The Labute approximate surface area is 219 Å². The van der Waals surface area contributed by atoms with Crippen LogP contribution in [0.15, 0.2) is 30.5 Å². The summed E-state index contributed by atoms with van der Waals surface area (Å²) in [6.07, 6.45) is 1.61. The highest BCUT2D eigenvalue weighted by molar-refractivity contribution is 7.80. The molecule has 0 saturated heterocycles. The number of carboxylic acids is 1. The maximum Gasteiger partial charge on any atom is 0.327 e. The SMILES string of the molecule is CC(C)C(NC(=O)C(N)Cc1c[nH]c2ccccc12)C(=O)NC(CCC(N)=O)C(=O)NC(CS)C(=O)O. The molecule has 0 radical (unpaired) electrons. The van der Waals surface area contributed by atoms with Gasteiger partial charge in [-0.1, -0.05) is 32.0 Å². The highest BCUT2D eigenvalue weighted by atomic mass is 32.1. The Morgan fingerprint density at radius 3 is 2.24 bits per heavy atom. The van der Waals surface area contributed by atoms with E-state index in [2.05, 4.69) is 33.6 Å². The standard InChI is InChI=1S/C24H34N6O6S/c1-12(2)20(30-21(32)15(25)9-13-10-27-16-6-4-3-5-14(13)16)23(34)28-17(7-8-19(26)31)22(33)29-18(11-37)24(35)36/h3-6,10,12,15,17-18,20,27,37H,7-9,11,25H2,1-2H3,(H2,26,31)(H,28,34)(H,29,33)(H,30,32)(H,35,36). The molecule has 4 unspecified atom stereocenters. The molecule has 0 aliphatic rings. The molecule has 13 heteroatoms. The molecule has 0 aliphatic heterocycles. The number of amides is 4. The number of aromatic nitrogens is 1. The van der Waals surface area contributed by atoms with Crippen LogP contribution in [0.4, 0.5) is 0 Å². The van der Waals surface area contributed by atoms with Gasteiger partial charge in [0.05, 0.1) is 6.04 Å². The average Bonchev–Trinajstić information content (AvgIpc) is 3.25. The second-order valence-electron chi connectivity index (χ2n) is 9.05. The summed E-state index contributed by atoms with van der Waals surface area (Å²) in [5.41, 5.74) is 13.1. The van der Waals surface area contributed by atoms with Gasteiger partial charge in [0.2, 0.25) is 23.6 Å². The molecule has 37 heavy (non-hydrogen) atoms. The van der Waals surface area contributed by atoms with Gasteiger partial charge in [-0.15, -0.1) is 0 Å². The summed E-state index contributed by atoms with van der Waals surface area (Å²) in [4.78, 5) is 64.3. The molecule has 0 aliphatic carbocycles. The molecule has 12 nitrogen and oxygen atoms in total. The number of rotatable bonds is 14. The molecule has 0 spiro atoms. The van der Waals surface area contributed by atoms with E-state index in [1.54, 1.807) is 20.0 Å². The molecule has 0 fully saturated rings. The van der Waals surface area contributed by atoms with Crippen molar-refractivity contribution in [3.05, 3.63) is 36.0 Å². The lowest BCUT2D eigenvalue weighted by Gasteiger charge is -2.26. The first-order chi connectivity index (χ1) is 17.4. The molecule has 4 atom stereocenters. The van der Waals surface area contributed by atoms with Crippen molar-refractivity contribution < 1.29 is 29.1 Å². The fourth-order valence-electron chi connectivity index (χ4n) is 3.70. The molecule has 0 bridgehead atoms. The van der Waals surface area contributed by atoms with Crippen LogP contribution in [0.2, 0.25) is 0 Å². The highest BCUT2D eigenvalue weighted by Gasteiger charge is 2.31. The summed E-state index contributed by atoms with van der Waals surface area (Å²) < 4.78 is 0. The largest absolute Gasteiger partial charge is 0.480 e. The van der Waals surface area contributed by atoms with Crippen molar-refractivity contribution in [2.75, 3.05) is 5.75 Å². The number of benzene rings is 1. The van der Waals surface area contributed by atoms with Gasteiger partial charge in [0.1, 0.15) is 18.1 Å². The summed E-state index contributed by atoms with van der Waals surface area (Å²) in [5.74, 6) is -4.64. The number of aromatic amines is 1. The van der Waals surface area contributed by atoms with E-state index in [1.807, 2.05) is 24.3 Å². The van der Waals surface area contributed by atoms with E-state index < -0.39 is 53.8 Å². The van der Waals surface area contributed by atoms with E-state index in [0.717, 1.165) is 16.5 Å². The lowest BCUT2D eigenvalue weighted by Crippen LogP contribution is -2.58. The molecule has 2 rings (SSSR count). The summed E-state index contributed by atoms with van der Waals surface area (Å²) in [6, 6.07) is 3.02. The average molecular weight is 535 g/mol. The van der Waals surface area contributed by atoms with Crippen LogP contribution in [0.1, 0.15) is 32.3 Å². The number of carboxylic acid groups (broad SMARTS) is 1. The number of carbonyl (C=O) groups excluding carboxylic acids is 4. The molecule has 0 saturated carbocycles. The number of thiol groups is 1. The Hall–Kier alpha value is -3.58. The number of primary amides is 1. The Kier molecular flexibility index (Phi) is 10.9. The molecule has 1 heterocycles. The minimum absolute atomic E-state index is 0.162. The van der Waals surface area contributed by atoms with Crippen LogP contribution in [0.5, 0.6) is 0 Å². The van der Waals surface area contributed by atoms with Gasteiger partial charge < -0.3 is 37.5 Å².